The van der Waals surface area contributed by atoms with E-state index >= 15 is 0 Å². The van der Waals surface area contributed by atoms with Crippen LogP contribution in [0.25, 0.3) is 5.69 Å². The molecule has 2 heterocycles. The van der Waals surface area contributed by atoms with E-state index in [1.807, 2.05) is 74.9 Å². The Morgan fingerprint density at radius 3 is 2.28 bits per heavy atom. The quantitative estimate of drug-likeness (QED) is 0.494. The molecule has 2 aromatic carbocycles. The van der Waals surface area contributed by atoms with Crippen LogP contribution in [-0.2, 0) is 0 Å². The second kappa shape index (κ2) is 8.55. The highest BCUT2D eigenvalue weighted by atomic mass is 19.1. The van der Waals surface area contributed by atoms with Gasteiger partial charge < -0.3 is 14.2 Å². The maximum atomic E-state index is 14.5. The molecule has 0 aliphatic carbocycles. The molecule has 0 aliphatic rings. The van der Waals surface area contributed by atoms with E-state index in [0.717, 1.165) is 34.1 Å². The van der Waals surface area contributed by atoms with Gasteiger partial charge in [-0.15, -0.1) is 0 Å². The van der Waals surface area contributed by atoms with Gasteiger partial charge in [0, 0.05) is 18.1 Å². The Hall–Kier alpha value is -3.51. The van der Waals surface area contributed by atoms with Crippen molar-refractivity contribution in [3.05, 3.63) is 117 Å². The Bertz CT molecular complexity index is 1320. The molecule has 0 radical (unpaired) electrons. The molecule has 4 rings (SSSR count). The van der Waals surface area contributed by atoms with Gasteiger partial charge in [-0.3, -0.25) is 4.79 Å². The number of imidazole rings is 1. The van der Waals surface area contributed by atoms with E-state index in [4.69, 9.17) is 0 Å². The molecule has 0 saturated heterocycles. The fourth-order valence-corrected chi connectivity index (χ4v) is 3.95. The molecule has 1 unspecified atom stereocenters. The van der Waals surface area contributed by atoms with Crippen LogP contribution in [-0.4, -0.2) is 19.2 Å². The lowest BCUT2D eigenvalue weighted by atomic mass is 9.99. The highest BCUT2D eigenvalue weighted by Crippen LogP contribution is 2.25. The summed E-state index contributed by atoms with van der Waals surface area (Å²) in [7, 11) is 0. The number of aromatic nitrogens is 3. The van der Waals surface area contributed by atoms with Gasteiger partial charge in [0.15, 0.2) is 0 Å². The lowest BCUT2D eigenvalue weighted by Crippen LogP contribution is -2.29. The summed E-state index contributed by atoms with van der Waals surface area (Å²) in [6.45, 7) is 7.66. The summed E-state index contributed by atoms with van der Waals surface area (Å²) in [4.78, 5) is 17.5. The van der Waals surface area contributed by atoms with Crippen LogP contribution < -0.4 is 5.56 Å². The van der Waals surface area contributed by atoms with Crippen LogP contribution in [0.4, 0.5) is 4.39 Å². The Kier molecular flexibility index (Phi) is 5.80. The Morgan fingerprint density at radius 1 is 0.969 bits per heavy atom. The summed E-state index contributed by atoms with van der Waals surface area (Å²) in [6, 6.07) is 13.9. The number of aliphatic hydroxyl groups is 1. The van der Waals surface area contributed by atoms with E-state index < -0.39 is 17.5 Å². The third-order valence-electron chi connectivity index (χ3n) is 5.84. The zero-order valence-electron chi connectivity index (χ0n) is 18.6. The molecular weight excluding hydrogens is 405 g/mol. The molecule has 0 amide bonds. The van der Waals surface area contributed by atoms with Crippen LogP contribution in [0.5, 0.6) is 0 Å². The van der Waals surface area contributed by atoms with Gasteiger partial charge in [0.05, 0.1) is 23.6 Å². The number of pyridine rings is 1. The number of nitrogens with zero attached hydrogens (tertiary/aromatic N) is 3. The predicted octanol–water partition coefficient (Wildman–Crippen LogP) is 4.79. The average Bonchev–Trinajstić information content (AvgIpc) is 3.20. The molecule has 2 aromatic heterocycles. The maximum absolute atomic E-state index is 14.5. The fraction of sp³-hybridized carbons (Fsp3) is 0.231. The third-order valence-corrected chi connectivity index (χ3v) is 5.84. The molecule has 4 aromatic rings. The van der Waals surface area contributed by atoms with E-state index in [1.54, 1.807) is 12.4 Å². The van der Waals surface area contributed by atoms with E-state index in [-0.39, 0.29) is 11.6 Å². The summed E-state index contributed by atoms with van der Waals surface area (Å²) >= 11 is 0. The minimum Gasteiger partial charge on any atom is -0.383 e. The second-order valence-electron chi connectivity index (χ2n) is 8.28. The summed E-state index contributed by atoms with van der Waals surface area (Å²) in [5.74, 6) is -0.570. The fourth-order valence-electron chi connectivity index (χ4n) is 3.95. The molecule has 1 N–H and O–H groups in total. The van der Waals surface area contributed by atoms with Crippen LogP contribution in [0, 0.1) is 26.6 Å². The van der Waals surface area contributed by atoms with Crippen molar-refractivity contribution in [3.8, 4) is 5.69 Å². The van der Waals surface area contributed by atoms with Crippen LogP contribution >= 0.6 is 0 Å². The van der Waals surface area contributed by atoms with Crippen molar-refractivity contribution in [2.45, 2.75) is 39.8 Å². The first kappa shape index (κ1) is 21.7. The van der Waals surface area contributed by atoms with E-state index in [9.17, 15) is 14.3 Å². The molecule has 0 saturated carbocycles. The van der Waals surface area contributed by atoms with Crippen molar-refractivity contribution in [2.75, 3.05) is 0 Å². The van der Waals surface area contributed by atoms with Crippen LogP contribution in [0.15, 0.2) is 72.0 Å². The number of halogens is 1. The van der Waals surface area contributed by atoms with Crippen molar-refractivity contribution >= 4 is 0 Å². The molecule has 2 atom stereocenters. The standard InChI is InChI=1S/C26H26FN3O2/c1-16-5-7-20(8-6-16)19(4)30-14-22(27)12-23(26(30)32)25(31)21-9-10-24(17(2)11-21)29-13-18(3)28-15-29/h5-15,19,25,31H,1-4H3/t19-,25?/m0/s1. The lowest BCUT2D eigenvalue weighted by Gasteiger charge is -2.19. The molecule has 0 fully saturated rings. The zero-order valence-corrected chi connectivity index (χ0v) is 18.6. The van der Waals surface area contributed by atoms with Gasteiger partial charge in [0.25, 0.3) is 5.56 Å². The van der Waals surface area contributed by atoms with Crippen molar-refractivity contribution in [1.82, 2.24) is 14.1 Å². The van der Waals surface area contributed by atoms with Gasteiger partial charge in [0.2, 0.25) is 0 Å². The van der Waals surface area contributed by atoms with Crippen molar-refractivity contribution in [3.63, 3.8) is 0 Å². The SMILES string of the molecule is Cc1ccc([C@H](C)n2cc(F)cc(C(O)c3ccc(-n4cnc(C)c4)c(C)c3)c2=O)cc1. The number of hydrogen-bond acceptors (Lipinski definition) is 3. The number of hydrogen-bond donors (Lipinski definition) is 1. The number of aliphatic hydroxyl groups excluding tert-OH is 1. The Balaban J connectivity index is 1.71. The number of aryl methyl sites for hydroxylation is 3. The third kappa shape index (κ3) is 4.14. The van der Waals surface area contributed by atoms with Crippen molar-refractivity contribution < 1.29 is 9.50 Å². The zero-order chi connectivity index (χ0) is 23.0. The van der Waals surface area contributed by atoms with Gasteiger partial charge >= 0.3 is 0 Å². The first-order valence-corrected chi connectivity index (χ1v) is 10.5. The van der Waals surface area contributed by atoms with Gasteiger partial charge in [-0.25, -0.2) is 9.37 Å². The predicted molar refractivity (Wildman–Crippen MR) is 123 cm³/mol. The van der Waals surface area contributed by atoms with Crippen molar-refractivity contribution in [1.29, 1.82) is 0 Å². The number of rotatable bonds is 5. The normalized spacial score (nSPS) is 13.2. The van der Waals surface area contributed by atoms with Gasteiger partial charge in [0.1, 0.15) is 11.9 Å². The molecule has 6 heteroatoms. The smallest absolute Gasteiger partial charge is 0.257 e. The first-order valence-electron chi connectivity index (χ1n) is 10.5. The highest BCUT2D eigenvalue weighted by molar-refractivity contribution is 5.45. The molecule has 32 heavy (non-hydrogen) atoms. The monoisotopic (exact) mass is 431 g/mol. The summed E-state index contributed by atoms with van der Waals surface area (Å²) in [5.41, 5.74) is 4.84. The first-order chi connectivity index (χ1) is 15.2. The van der Waals surface area contributed by atoms with E-state index in [2.05, 4.69) is 4.98 Å². The summed E-state index contributed by atoms with van der Waals surface area (Å²) < 4.78 is 17.8. The topological polar surface area (TPSA) is 60.1 Å². The van der Waals surface area contributed by atoms with Crippen LogP contribution in [0.1, 0.15) is 52.6 Å². The largest absolute Gasteiger partial charge is 0.383 e. The average molecular weight is 432 g/mol. The number of benzene rings is 2. The molecule has 0 aliphatic heterocycles. The second-order valence-corrected chi connectivity index (χ2v) is 8.28. The Labute approximate surface area is 186 Å². The van der Waals surface area contributed by atoms with Gasteiger partial charge in [-0.05, 0) is 56.5 Å². The van der Waals surface area contributed by atoms with E-state index in [0.29, 0.717) is 5.56 Å². The van der Waals surface area contributed by atoms with Gasteiger partial charge in [-0.2, -0.15) is 0 Å². The minimum absolute atomic E-state index is 0.00888. The van der Waals surface area contributed by atoms with E-state index in [1.165, 1.54) is 10.8 Å². The molecule has 0 spiro atoms. The Morgan fingerprint density at radius 2 is 1.66 bits per heavy atom. The molecule has 0 bridgehead atoms. The van der Waals surface area contributed by atoms with Crippen LogP contribution in [0.3, 0.4) is 0 Å². The lowest BCUT2D eigenvalue weighted by molar-refractivity contribution is 0.216. The summed E-state index contributed by atoms with van der Waals surface area (Å²) in [6.07, 6.45) is 3.59. The summed E-state index contributed by atoms with van der Waals surface area (Å²) in [5, 5.41) is 11.0. The van der Waals surface area contributed by atoms with Gasteiger partial charge in [-0.1, -0.05) is 42.0 Å². The highest BCUT2D eigenvalue weighted by Gasteiger charge is 2.21. The van der Waals surface area contributed by atoms with Crippen LogP contribution in [0.2, 0.25) is 0 Å². The minimum atomic E-state index is -1.24. The molecule has 5 nitrogen and oxygen atoms in total. The molecule has 164 valence electrons. The maximum Gasteiger partial charge on any atom is 0.257 e. The molecular formula is C26H26FN3O2. The van der Waals surface area contributed by atoms with Crippen molar-refractivity contribution in [2.24, 2.45) is 0 Å².